The van der Waals surface area contributed by atoms with Gasteiger partial charge in [0, 0.05) is 18.9 Å². The molecule has 4 nitrogen and oxygen atoms in total. The van der Waals surface area contributed by atoms with Crippen molar-refractivity contribution in [2.24, 2.45) is 11.7 Å². The van der Waals surface area contributed by atoms with Crippen LogP contribution >= 0.6 is 0 Å². The fourth-order valence-electron chi connectivity index (χ4n) is 3.73. The first-order valence-corrected chi connectivity index (χ1v) is 9.66. The van der Waals surface area contributed by atoms with Gasteiger partial charge in [-0.3, -0.25) is 0 Å². The summed E-state index contributed by atoms with van der Waals surface area (Å²) in [4.78, 5) is 0. The van der Waals surface area contributed by atoms with Gasteiger partial charge in [-0.2, -0.15) is 0 Å². The lowest BCUT2D eigenvalue weighted by Crippen LogP contribution is -2.56. The van der Waals surface area contributed by atoms with E-state index in [2.05, 4.69) is 0 Å². The number of hydrogen-bond donors (Lipinski definition) is 1. The Morgan fingerprint density at radius 1 is 1.25 bits per heavy atom. The third-order valence-corrected chi connectivity index (χ3v) is 7.75. The highest BCUT2D eigenvalue weighted by molar-refractivity contribution is 7.92. The Labute approximate surface area is 123 Å². The van der Waals surface area contributed by atoms with Crippen molar-refractivity contribution in [3.8, 4) is 0 Å². The van der Waals surface area contributed by atoms with Crippen LogP contribution in [0.3, 0.4) is 0 Å². The molecule has 0 aromatic rings. The van der Waals surface area contributed by atoms with Crippen LogP contribution < -0.4 is 5.73 Å². The lowest BCUT2D eigenvalue weighted by atomic mass is 9.72. The second-order valence-corrected chi connectivity index (χ2v) is 9.84. The first kappa shape index (κ1) is 16.2. The van der Waals surface area contributed by atoms with E-state index >= 15 is 0 Å². The van der Waals surface area contributed by atoms with Crippen molar-refractivity contribution in [2.75, 3.05) is 12.9 Å². The summed E-state index contributed by atoms with van der Waals surface area (Å²) >= 11 is 0. The van der Waals surface area contributed by atoms with Gasteiger partial charge in [-0.05, 0) is 45.4 Å². The van der Waals surface area contributed by atoms with Crippen LogP contribution in [0, 0.1) is 5.92 Å². The predicted octanol–water partition coefficient (Wildman–Crippen LogP) is 2.27. The summed E-state index contributed by atoms with van der Waals surface area (Å²) in [6.07, 6.45) is 9.04. The van der Waals surface area contributed by atoms with E-state index in [0.717, 1.165) is 32.3 Å². The van der Waals surface area contributed by atoms with E-state index < -0.39 is 14.6 Å². The van der Waals surface area contributed by atoms with E-state index in [9.17, 15) is 8.42 Å². The largest absolute Gasteiger partial charge is 0.375 e. The molecule has 118 valence electrons. The molecule has 2 fully saturated rings. The van der Waals surface area contributed by atoms with Crippen molar-refractivity contribution in [3.63, 3.8) is 0 Å². The van der Waals surface area contributed by atoms with Gasteiger partial charge in [-0.1, -0.05) is 19.3 Å². The van der Waals surface area contributed by atoms with Gasteiger partial charge in [0.1, 0.15) is 0 Å². The summed E-state index contributed by atoms with van der Waals surface area (Å²) in [7, 11) is -3.16. The minimum absolute atomic E-state index is 0.0215. The van der Waals surface area contributed by atoms with Gasteiger partial charge >= 0.3 is 0 Å². The number of rotatable bonds is 3. The molecule has 1 spiro atoms. The molecule has 20 heavy (non-hydrogen) atoms. The van der Waals surface area contributed by atoms with E-state index in [-0.39, 0.29) is 17.6 Å². The Hall–Kier alpha value is -0.130. The molecule has 2 aliphatic rings. The maximum absolute atomic E-state index is 12.0. The molecule has 2 rings (SSSR count). The first-order valence-electron chi connectivity index (χ1n) is 7.77. The number of sulfone groups is 1. The lowest BCUT2D eigenvalue weighted by molar-refractivity contribution is -0.121. The SMILES string of the molecule is CC(C)(C(N)C1CCOC2(CCCCC2)C1)S(C)(=O)=O. The molecule has 0 bridgehead atoms. The summed E-state index contributed by atoms with van der Waals surface area (Å²) in [5, 5.41) is 0. The highest BCUT2D eigenvalue weighted by atomic mass is 32.2. The predicted molar refractivity (Wildman–Crippen MR) is 81.4 cm³/mol. The molecule has 5 heteroatoms. The quantitative estimate of drug-likeness (QED) is 0.868. The molecule has 1 aliphatic heterocycles. The number of nitrogens with two attached hydrogens (primary N) is 1. The Bertz CT molecular complexity index is 433. The monoisotopic (exact) mass is 303 g/mol. The highest BCUT2D eigenvalue weighted by Crippen LogP contribution is 2.43. The minimum Gasteiger partial charge on any atom is -0.375 e. The molecule has 1 saturated heterocycles. The van der Waals surface area contributed by atoms with Crippen molar-refractivity contribution in [1.82, 2.24) is 0 Å². The molecule has 1 saturated carbocycles. The van der Waals surface area contributed by atoms with E-state index in [0.29, 0.717) is 0 Å². The number of hydrogen-bond acceptors (Lipinski definition) is 4. The van der Waals surface area contributed by atoms with Crippen LogP contribution in [0.5, 0.6) is 0 Å². The van der Waals surface area contributed by atoms with Crippen LogP contribution in [-0.2, 0) is 14.6 Å². The van der Waals surface area contributed by atoms with Gasteiger partial charge in [0.25, 0.3) is 0 Å². The summed E-state index contributed by atoms with van der Waals surface area (Å²) < 4.78 is 29.2. The molecule has 0 amide bonds. The van der Waals surface area contributed by atoms with E-state index in [1.54, 1.807) is 13.8 Å². The Morgan fingerprint density at radius 2 is 1.85 bits per heavy atom. The van der Waals surface area contributed by atoms with E-state index in [1.165, 1.54) is 25.5 Å². The fourth-order valence-corrected chi connectivity index (χ4v) is 4.42. The van der Waals surface area contributed by atoms with Crippen molar-refractivity contribution in [3.05, 3.63) is 0 Å². The zero-order valence-corrected chi connectivity index (χ0v) is 13.8. The van der Waals surface area contributed by atoms with Crippen LogP contribution in [0.4, 0.5) is 0 Å². The molecule has 1 heterocycles. The van der Waals surface area contributed by atoms with E-state index in [1.807, 2.05) is 0 Å². The third kappa shape index (κ3) is 3.04. The van der Waals surface area contributed by atoms with Crippen molar-refractivity contribution in [1.29, 1.82) is 0 Å². The Kier molecular flexibility index (Phi) is 4.53. The van der Waals surface area contributed by atoms with Gasteiger partial charge in [-0.25, -0.2) is 8.42 Å². The summed E-state index contributed by atoms with van der Waals surface area (Å²) in [5.74, 6) is 0.242. The summed E-state index contributed by atoms with van der Waals surface area (Å²) in [5.41, 5.74) is 6.35. The van der Waals surface area contributed by atoms with Gasteiger partial charge in [0.05, 0.1) is 10.3 Å². The molecular weight excluding hydrogens is 274 g/mol. The van der Waals surface area contributed by atoms with Crippen LogP contribution in [0.1, 0.15) is 58.8 Å². The zero-order chi connectivity index (χ0) is 15.0. The fraction of sp³-hybridized carbons (Fsp3) is 1.00. The van der Waals surface area contributed by atoms with Crippen LogP contribution in [0.25, 0.3) is 0 Å². The molecule has 2 unspecified atom stereocenters. The molecule has 2 atom stereocenters. The Balaban J connectivity index is 2.12. The highest BCUT2D eigenvalue weighted by Gasteiger charge is 2.46. The van der Waals surface area contributed by atoms with Crippen molar-refractivity contribution >= 4 is 9.84 Å². The molecule has 0 radical (unpaired) electrons. The average Bonchev–Trinajstić information content (AvgIpc) is 2.37. The smallest absolute Gasteiger partial charge is 0.154 e. The summed E-state index contributed by atoms with van der Waals surface area (Å²) in [6.45, 7) is 4.24. The molecule has 0 aromatic heterocycles. The molecular formula is C15H29NO3S. The van der Waals surface area contributed by atoms with Gasteiger partial charge in [0.2, 0.25) is 0 Å². The van der Waals surface area contributed by atoms with Crippen LogP contribution in [0.15, 0.2) is 0 Å². The Morgan fingerprint density at radius 3 is 2.40 bits per heavy atom. The molecule has 0 aromatic carbocycles. The van der Waals surface area contributed by atoms with Crippen molar-refractivity contribution in [2.45, 2.75) is 75.2 Å². The second-order valence-electron chi connectivity index (χ2n) is 7.25. The first-order chi connectivity index (χ1) is 9.18. The normalized spacial score (nSPS) is 29.3. The second kappa shape index (κ2) is 5.58. The zero-order valence-electron chi connectivity index (χ0n) is 13.0. The maximum atomic E-state index is 12.0. The molecule has 2 N–H and O–H groups in total. The van der Waals surface area contributed by atoms with Gasteiger partial charge < -0.3 is 10.5 Å². The summed E-state index contributed by atoms with van der Waals surface area (Å²) in [6, 6.07) is -0.319. The average molecular weight is 303 g/mol. The van der Waals surface area contributed by atoms with Crippen molar-refractivity contribution < 1.29 is 13.2 Å². The standard InChI is InChI=1S/C15H29NO3S/c1-14(2,20(3,17)18)13(16)12-7-10-19-15(11-12)8-5-4-6-9-15/h12-13H,4-11,16H2,1-3H3. The maximum Gasteiger partial charge on any atom is 0.154 e. The van der Waals surface area contributed by atoms with E-state index in [4.69, 9.17) is 10.5 Å². The van der Waals surface area contributed by atoms with Gasteiger partial charge in [0.15, 0.2) is 9.84 Å². The van der Waals surface area contributed by atoms with Gasteiger partial charge in [-0.15, -0.1) is 0 Å². The lowest BCUT2D eigenvalue weighted by Gasteiger charge is -2.47. The van der Waals surface area contributed by atoms with Crippen LogP contribution in [-0.4, -0.2) is 37.7 Å². The molecule has 1 aliphatic carbocycles. The van der Waals surface area contributed by atoms with Crippen LogP contribution in [0.2, 0.25) is 0 Å². The number of ether oxygens (including phenoxy) is 1. The third-order valence-electron chi connectivity index (χ3n) is 5.56. The topological polar surface area (TPSA) is 69.4 Å². The minimum atomic E-state index is -3.16.